The number of benzene rings is 1. The maximum Gasteiger partial charge on any atom is 0.268 e. The van der Waals surface area contributed by atoms with Crippen molar-refractivity contribution in [3.05, 3.63) is 63.9 Å². The van der Waals surface area contributed by atoms with Gasteiger partial charge in [0.1, 0.15) is 16.6 Å². The van der Waals surface area contributed by atoms with E-state index in [9.17, 15) is 10.1 Å². The van der Waals surface area contributed by atoms with Crippen LogP contribution in [0.25, 0.3) is 11.8 Å². The zero-order chi connectivity index (χ0) is 19.4. The molecule has 0 aliphatic rings. The van der Waals surface area contributed by atoms with Crippen molar-refractivity contribution in [3.63, 3.8) is 0 Å². The molecule has 0 aliphatic heterocycles. The van der Waals surface area contributed by atoms with Gasteiger partial charge < -0.3 is 4.57 Å². The van der Waals surface area contributed by atoms with Crippen LogP contribution in [0, 0.1) is 25.2 Å². The van der Waals surface area contributed by atoms with E-state index in [1.807, 2.05) is 49.7 Å². The van der Waals surface area contributed by atoms with Crippen molar-refractivity contribution in [3.8, 4) is 11.8 Å². The summed E-state index contributed by atoms with van der Waals surface area (Å²) in [6, 6.07) is 11.9. The van der Waals surface area contributed by atoms with Crippen molar-refractivity contribution in [2.45, 2.75) is 27.2 Å². The molecule has 0 unspecified atom stereocenters. The number of carbonyl (C=O) groups is 1. The van der Waals surface area contributed by atoms with Crippen LogP contribution in [0.1, 0.15) is 28.8 Å². The van der Waals surface area contributed by atoms with Crippen molar-refractivity contribution in [1.29, 1.82) is 5.26 Å². The molecule has 1 amide bonds. The summed E-state index contributed by atoms with van der Waals surface area (Å²) in [6.45, 7) is 6.03. The molecule has 0 radical (unpaired) electrons. The number of hydrogen-bond acceptors (Lipinski definition) is 5. The summed E-state index contributed by atoms with van der Waals surface area (Å²) >= 11 is 1.30. The molecule has 0 fully saturated rings. The Balaban J connectivity index is 1.91. The predicted molar refractivity (Wildman–Crippen MR) is 107 cm³/mol. The van der Waals surface area contributed by atoms with Crippen LogP contribution >= 0.6 is 11.3 Å². The van der Waals surface area contributed by atoms with E-state index in [1.54, 1.807) is 6.08 Å². The summed E-state index contributed by atoms with van der Waals surface area (Å²) in [7, 11) is 0. The van der Waals surface area contributed by atoms with E-state index >= 15 is 0 Å². The van der Waals surface area contributed by atoms with Crippen LogP contribution in [0.15, 0.2) is 42.1 Å². The van der Waals surface area contributed by atoms with Gasteiger partial charge in [0.25, 0.3) is 5.91 Å². The van der Waals surface area contributed by atoms with Crippen LogP contribution < -0.4 is 5.32 Å². The van der Waals surface area contributed by atoms with E-state index in [-0.39, 0.29) is 5.57 Å². The Labute approximate surface area is 161 Å². The molecule has 136 valence electrons. The van der Waals surface area contributed by atoms with Gasteiger partial charge in [-0.1, -0.05) is 30.4 Å². The molecule has 0 aliphatic carbocycles. The van der Waals surface area contributed by atoms with E-state index in [1.165, 1.54) is 11.3 Å². The summed E-state index contributed by atoms with van der Waals surface area (Å²) < 4.78 is 1.97. The van der Waals surface area contributed by atoms with E-state index in [2.05, 4.69) is 33.7 Å². The zero-order valence-electron chi connectivity index (χ0n) is 15.4. The second kappa shape index (κ2) is 7.98. The van der Waals surface area contributed by atoms with Crippen LogP contribution in [-0.4, -0.2) is 20.7 Å². The molecule has 6 nitrogen and oxygen atoms in total. The quantitative estimate of drug-likeness (QED) is 0.537. The van der Waals surface area contributed by atoms with Gasteiger partial charge in [-0.15, -0.1) is 10.2 Å². The topological polar surface area (TPSA) is 83.6 Å². The van der Waals surface area contributed by atoms with Gasteiger partial charge in [-0.3, -0.25) is 10.1 Å². The Bertz CT molecular complexity index is 1050. The zero-order valence-corrected chi connectivity index (χ0v) is 16.2. The van der Waals surface area contributed by atoms with Crippen molar-refractivity contribution in [2.75, 3.05) is 5.32 Å². The van der Waals surface area contributed by atoms with Gasteiger partial charge in [0.15, 0.2) is 0 Å². The smallest absolute Gasteiger partial charge is 0.268 e. The van der Waals surface area contributed by atoms with Gasteiger partial charge in [0.2, 0.25) is 5.13 Å². The first-order valence-corrected chi connectivity index (χ1v) is 9.34. The number of nitrogens with one attached hydrogen (secondary N) is 1. The number of nitriles is 1. The Morgan fingerprint density at radius 3 is 2.85 bits per heavy atom. The van der Waals surface area contributed by atoms with E-state index in [0.29, 0.717) is 5.13 Å². The number of amides is 1. The highest BCUT2D eigenvalue weighted by molar-refractivity contribution is 7.15. The van der Waals surface area contributed by atoms with Gasteiger partial charge in [0.05, 0.1) is 0 Å². The van der Waals surface area contributed by atoms with E-state index < -0.39 is 5.91 Å². The van der Waals surface area contributed by atoms with Crippen molar-refractivity contribution in [1.82, 2.24) is 14.8 Å². The first-order chi connectivity index (χ1) is 13.0. The maximum absolute atomic E-state index is 12.5. The Hall–Kier alpha value is -3.24. The molecule has 1 aromatic carbocycles. The van der Waals surface area contributed by atoms with Crippen molar-refractivity contribution >= 4 is 28.5 Å². The second-order valence-electron chi connectivity index (χ2n) is 6.07. The molecule has 3 aromatic rings. The van der Waals surface area contributed by atoms with Gasteiger partial charge in [-0.05, 0) is 55.7 Å². The Morgan fingerprint density at radius 1 is 1.33 bits per heavy atom. The molecule has 0 saturated carbocycles. The standard InChI is InChI=1S/C20H19N5OS/c1-4-18-23-24-20(27-18)22-19(26)15(12-21)11-16-6-5-9-25(16)17-10-13(2)7-8-14(17)3/h5-11H,4H2,1-3H3,(H,22,24,26)/b15-11-. The van der Waals surface area contributed by atoms with Crippen LogP contribution in [0.3, 0.4) is 0 Å². The van der Waals surface area contributed by atoms with Gasteiger partial charge >= 0.3 is 0 Å². The maximum atomic E-state index is 12.5. The third kappa shape index (κ3) is 4.13. The van der Waals surface area contributed by atoms with Crippen LogP contribution in [0.4, 0.5) is 5.13 Å². The minimum absolute atomic E-state index is 0.00787. The number of anilines is 1. The number of aryl methyl sites for hydroxylation is 3. The Kier molecular flexibility index (Phi) is 5.48. The summed E-state index contributed by atoms with van der Waals surface area (Å²) in [5, 5.41) is 21.2. The molecular weight excluding hydrogens is 358 g/mol. The molecular formula is C20H19N5OS. The molecule has 0 atom stereocenters. The number of rotatable bonds is 5. The first kappa shape index (κ1) is 18.5. The summed E-state index contributed by atoms with van der Waals surface area (Å²) in [5.74, 6) is -0.495. The van der Waals surface area contributed by atoms with Gasteiger partial charge in [-0.2, -0.15) is 5.26 Å². The van der Waals surface area contributed by atoms with Crippen molar-refractivity contribution < 1.29 is 4.79 Å². The molecule has 7 heteroatoms. The monoisotopic (exact) mass is 377 g/mol. The number of aromatic nitrogens is 3. The Morgan fingerprint density at radius 2 is 2.15 bits per heavy atom. The van der Waals surface area contributed by atoms with Gasteiger partial charge in [-0.25, -0.2) is 0 Å². The molecule has 2 heterocycles. The molecule has 2 aromatic heterocycles. The minimum Gasteiger partial charge on any atom is -0.317 e. The fourth-order valence-corrected chi connectivity index (χ4v) is 3.29. The van der Waals surface area contributed by atoms with Crippen LogP contribution in [0.5, 0.6) is 0 Å². The number of carbonyl (C=O) groups excluding carboxylic acids is 1. The third-order valence-corrected chi connectivity index (χ3v) is 5.03. The minimum atomic E-state index is -0.495. The molecule has 0 spiro atoms. The number of nitrogens with zero attached hydrogens (tertiary/aromatic N) is 4. The van der Waals surface area contributed by atoms with E-state index in [4.69, 9.17) is 0 Å². The van der Waals surface area contributed by atoms with Crippen molar-refractivity contribution in [2.24, 2.45) is 0 Å². The molecule has 0 saturated heterocycles. The average Bonchev–Trinajstić information content (AvgIpc) is 3.30. The second-order valence-corrected chi connectivity index (χ2v) is 7.13. The third-order valence-electron chi connectivity index (χ3n) is 4.05. The fourth-order valence-electron chi connectivity index (χ4n) is 2.62. The van der Waals surface area contributed by atoms with Crippen LogP contribution in [0.2, 0.25) is 0 Å². The molecule has 1 N–H and O–H groups in total. The SMILES string of the molecule is CCc1nnc(NC(=O)/C(C#N)=C\c2cccn2-c2cc(C)ccc2C)s1. The van der Waals surface area contributed by atoms with Crippen LogP contribution in [-0.2, 0) is 11.2 Å². The molecule has 27 heavy (non-hydrogen) atoms. The number of hydrogen-bond donors (Lipinski definition) is 1. The molecule has 3 rings (SSSR count). The normalized spacial score (nSPS) is 11.3. The summed E-state index contributed by atoms with van der Waals surface area (Å²) in [4.78, 5) is 12.5. The highest BCUT2D eigenvalue weighted by atomic mass is 32.1. The predicted octanol–water partition coefficient (Wildman–Crippen LogP) is 4.05. The lowest BCUT2D eigenvalue weighted by atomic mass is 10.1. The lowest BCUT2D eigenvalue weighted by Gasteiger charge is -2.11. The highest BCUT2D eigenvalue weighted by Crippen LogP contribution is 2.21. The average molecular weight is 377 g/mol. The van der Waals surface area contributed by atoms with E-state index in [0.717, 1.165) is 33.9 Å². The largest absolute Gasteiger partial charge is 0.317 e. The first-order valence-electron chi connectivity index (χ1n) is 8.52. The summed E-state index contributed by atoms with van der Waals surface area (Å²) in [6.07, 6.45) is 4.25. The molecule has 0 bridgehead atoms. The lowest BCUT2D eigenvalue weighted by molar-refractivity contribution is -0.112. The summed E-state index contributed by atoms with van der Waals surface area (Å²) in [5.41, 5.74) is 4.02. The highest BCUT2D eigenvalue weighted by Gasteiger charge is 2.14. The van der Waals surface area contributed by atoms with Gasteiger partial charge in [0, 0.05) is 17.6 Å². The lowest BCUT2D eigenvalue weighted by Crippen LogP contribution is -2.13. The fraction of sp³-hybridized carbons (Fsp3) is 0.200.